The van der Waals surface area contributed by atoms with Crippen molar-refractivity contribution in [3.05, 3.63) is 71.2 Å². The summed E-state index contributed by atoms with van der Waals surface area (Å²) in [5.41, 5.74) is 5.77. The summed E-state index contributed by atoms with van der Waals surface area (Å²) in [5.74, 6) is 1.03. The summed E-state index contributed by atoms with van der Waals surface area (Å²) < 4.78 is 7.42. The molecule has 1 aliphatic heterocycles. The predicted octanol–water partition coefficient (Wildman–Crippen LogP) is 3.01. The fourth-order valence-corrected chi connectivity index (χ4v) is 3.58. The minimum absolute atomic E-state index is 0.778. The summed E-state index contributed by atoms with van der Waals surface area (Å²) in [4.78, 5) is 6.89. The van der Waals surface area contributed by atoms with Crippen molar-refractivity contribution in [3.63, 3.8) is 0 Å². The first-order chi connectivity index (χ1) is 13.7. The molecular formula is C22H27N5O. The zero-order valence-electron chi connectivity index (χ0n) is 16.6. The number of nitrogens with one attached hydrogen (secondary N) is 1. The molecule has 0 bridgehead atoms. The molecule has 3 heterocycles. The molecule has 146 valence electrons. The average molecular weight is 377 g/mol. The second-order valence-corrected chi connectivity index (χ2v) is 7.12. The Bertz CT molecular complexity index is 899. The maximum Gasteiger partial charge on any atom is 0.128 e. The van der Waals surface area contributed by atoms with E-state index >= 15 is 0 Å². The largest absolute Gasteiger partial charge is 0.378 e. The number of morpholine rings is 1. The van der Waals surface area contributed by atoms with E-state index in [4.69, 9.17) is 9.84 Å². The van der Waals surface area contributed by atoms with Crippen molar-refractivity contribution in [3.8, 4) is 5.69 Å². The first-order valence-electron chi connectivity index (χ1n) is 9.81. The Labute approximate surface area is 166 Å². The minimum atomic E-state index is 0.778. The van der Waals surface area contributed by atoms with E-state index < -0.39 is 0 Å². The minimum Gasteiger partial charge on any atom is -0.378 e. The standard InChI is InChI=1S/C22H27N5O/c1-17-21(18(2)27(25-17)20-6-4-3-5-7-20)16-23-14-19-8-9-22(24-15-19)26-10-12-28-13-11-26/h3-9,15,23H,10-14,16H2,1-2H3. The van der Waals surface area contributed by atoms with Crippen LogP contribution in [0.15, 0.2) is 48.7 Å². The first kappa shape index (κ1) is 18.7. The molecule has 1 fully saturated rings. The van der Waals surface area contributed by atoms with E-state index in [1.165, 1.54) is 16.8 Å². The summed E-state index contributed by atoms with van der Waals surface area (Å²) in [5, 5.41) is 8.25. The lowest BCUT2D eigenvalue weighted by Gasteiger charge is -2.27. The molecule has 0 unspecified atom stereocenters. The molecule has 0 aliphatic carbocycles. The van der Waals surface area contributed by atoms with Crippen molar-refractivity contribution in [2.24, 2.45) is 0 Å². The van der Waals surface area contributed by atoms with Gasteiger partial charge in [0.15, 0.2) is 0 Å². The van der Waals surface area contributed by atoms with Gasteiger partial charge in [-0.1, -0.05) is 24.3 Å². The van der Waals surface area contributed by atoms with Crippen molar-refractivity contribution < 1.29 is 4.74 Å². The first-order valence-corrected chi connectivity index (χ1v) is 9.81. The van der Waals surface area contributed by atoms with Crippen LogP contribution in [-0.2, 0) is 17.8 Å². The van der Waals surface area contributed by atoms with Crippen LogP contribution in [0.1, 0.15) is 22.5 Å². The van der Waals surface area contributed by atoms with Gasteiger partial charge < -0.3 is 15.0 Å². The number of benzene rings is 1. The van der Waals surface area contributed by atoms with E-state index in [0.29, 0.717) is 0 Å². The number of pyridine rings is 1. The second kappa shape index (κ2) is 8.54. The van der Waals surface area contributed by atoms with Crippen LogP contribution in [-0.4, -0.2) is 41.1 Å². The summed E-state index contributed by atoms with van der Waals surface area (Å²) in [6, 6.07) is 14.5. The zero-order valence-corrected chi connectivity index (χ0v) is 16.6. The molecule has 0 amide bonds. The van der Waals surface area contributed by atoms with Crippen molar-refractivity contribution in [2.45, 2.75) is 26.9 Å². The van der Waals surface area contributed by atoms with Gasteiger partial charge in [0.2, 0.25) is 0 Å². The highest BCUT2D eigenvalue weighted by atomic mass is 16.5. The highest BCUT2D eigenvalue weighted by molar-refractivity contribution is 5.40. The number of aromatic nitrogens is 3. The van der Waals surface area contributed by atoms with Crippen molar-refractivity contribution in [2.75, 3.05) is 31.2 Å². The highest BCUT2D eigenvalue weighted by Crippen LogP contribution is 2.18. The third kappa shape index (κ3) is 4.08. The Balaban J connectivity index is 1.37. The molecule has 0 saturated carbocycles. The van der Waals surface area contributed by atoms with Crippen LogP contribution in [0.4, 0.5) is 5.82 Å². The molecular weight excluding hydrogens is 350 g/mol. The molecule has 1 aromatic carbocycles. The molecule has 28 heavy (non-hydrogen) atoms. The van der Waals surface area contributed by atoms with Gasteiger partial charge in [-0.05, 0) is 37.6 Å². The second-order valence-electron chi connectivity index (χ2n) is 7.12. The van der Waals surface area contributed by atoms with Crippen LogP contribution >= 0.6 is 0 Å². The van der Waals surface area contributed by atoms with Gasteiger partial charge >= 0.3 is 0 Å². The van der Waals surface area contributed by atoms with Gasteiger partial charge in [0, 0.05) is 43.6 Å². The molecule has 1 saturated heterocycles. The summed E-state index contributed by atoms with van der Waals surface area (Å²) >= 11 is 0. The van der Waals surface area contributed by atoms with Crippen LogP contribution in [0.25, 0.3) is 5.69 Å². The third-order valence-electron chi connectivity index (χ3n) is 5.22. The van der Waals surface area contributed by atoms with Crippen LogP contribution in [0.5, 0.6) is 0 Å². The topological polar surface area (TPSA) is 55.2 Å². The van der Waals surface area contributed by atoms with E-state index in [0.717, 1.165) is 56.6 Å². The van der Waals surface area contributed by atoms with Crippen molar-refractivity contribution in [1.29, 1.82) is 0 Å². The number of hydrogen-bond donors (Lipinski definition) is 1. The monoisotopic (exact) mass is 377 g/mol. The molecule has 6 heteroatoms. The van der Waals surface area contributed by atoms with Crippen molar-refractivity contribution >= 4 is 5.82 Å². The van der Waals surface area contributed by atoms with Gasteiger partial charge in [-0.2, -0.15) is 5.10 Å². The van der Waals surface area contributed by atoms with E-state index in [9.17, 15) is 0 Å². The number of nitrogens with zero attached hydrogens (tertiary/aromatic N) is 4. The Morgan fingerprint density at radius 3 is 2.50 bits per heavy atom. The smallest absolute Gasteiger partial charge is 0.128 e. The highest BCUT2D eigenvalue weighted by Gasteiger charge is 2.13. The van der Waals surface area contributed by atoms with E-state index in [-0.39, 0.29) is 0 Å². The summed E-state index contributed by atoms with van der Waals surface area (Å²) in [7, 11) is 0. The Morgan fingerprint density at radius 1 is 1.00 bits per heavy atom. The number of hydrogen-bond acceptors (Lipinski definition) is 5. The molecule has 6 nitrogen and oxygen atoms in total. The number of para-hydroxylation sites is 1. The third-order valence-corrected chi connectivity index (χ3v) is 5.22. The predicted molar refractivity (Wildman–Crippen MR) is 111 cm³/mol. The Kier molecular flexibility index (Phi) is 5.69. The zero-order chi connectivity index (χ0) is 19.3. The van der Waals surface area contributed by atoms with Gasteiger partial charge in [0.1, 0.15) is 5.82 Å². The van der Waals surface area contributed by atoms with Gasteiger partial charge in [0.25, 0.3) is 0 Å². The maximum atomic E-state index is 5.40. The molecule has 0 spiro atoms. The van der Waals surface area contributed by atoms with Gasteiger partial charge in [-0.3, -0.25) is 0 Å². The normalized spacial score (nSPS) is 14.4. The Morgan fingerprint density at radius 2 is 1.79 bits per heavy atom. The lowest BCUT2D eigenvalue weighted by Crippen LogP contribution is -2.36. The molecule has 2 aromatic heterocycles. The van der Waals surface area contributed by atoms with E-state index in [1.807, 2.05) is 29.1 Å². The molecule has 4 rings (SSSR count). The van der Waals surface area contributed by atoms with Crippen LogP contribution in [0.2, 0.25) is 0 Å². The fraction of sp³-hybridized carbons (Fsp3) is 0.364. The molecule has 1 aliphatic rings. The number of aryl methyl sites for hydroxylation is 1. The SMILES string of the molecule is Cc1nn(-c2ccccc2)c(C)c1CNCc1ccc(N2CCOCC2)nc1. The number of ether oxygens (including phenoxy) is 1. The average Bonchev–Trinajstić information content (AvgIpc) is 3.04. The fourth-order valence-electron chi connectivity index (χ4n) is 3.58. The van der Waals surface area contributed by atoms with Crippen molar-refractivity contribution in [1.82, 2.24) is 20.1 Å². The van der Waals surface area contributed by atoms with Crippen LogP contribution in [0.3, 0.4) is 0 Å². The maximum absolute atomic E-state index is 5.40. The van der Waals surface area contributed by atoms with Crippen LogP contribution in [0, 0.1) is 13.8 Å². The lowest BCUT2D eigenvalue weighted by molar-refractivity contribution is 0.122. The lowest BCUT2D eigenvalue weighted by atomic mass is 10.2. The Hall–Kier alpha value is -2.70. The molecule has 0 atom stereocenters. The molecule has 0 radical (unpaired) electrons. The van der Waals surface area contributed by atoms with Gasteiger partial charge in [-0.15, -0.1) is 0 Å². The summed E-state index contributed by atoms with van der Waals surface area (Å²) in [6.45, 7) is 9.15. The summed E-state index contributed by atoms with van der Waals surface area (Å²) in [6.07, 6.45) is 1.96. The molecule has 3 aromatic rings. The number of rotatable bonds is 6. The van der Waals surface area contributed by atoms with Gasteiger partial charge in [0.05, 0.1) is 24.6 Å². The van der Waals surface area contributed by atoms with Gasteiger partial charge in [-0.25, -0.2) is 9.67 Å². The molecule has 1 N–H and O–H groups in total. The van der Waals surface area contributed by atoms with E-state index in [2.05, 4.69) is 53.3 Å². The van der Waals surface area contributed by atoms with Crippen LogP contribution < -0.4 is 10.2 Å². The quantitative estimate of drug-likeness (QED) is 0.716. The van der Waals surface area contributed by atoms with E-state index in [1.54, 1.807) is 0 Å². The number of anilines is 1.